The van der Waals surface area contributed by atoms with Gasteiger partial charge in [-0.05, 0) is 38.8 Å². The van der Waals surface area contributed by atoms with Crippen molar-refractivity contribution in [2.24, 2.45) is 0 Å². The summed E-state index contributed by atoms with van der Waals surface area (Å²) in [5.74, 6) is 1.13. The molecule has 8 heteroatoms. The highest BCUT2D eigenvalue weighted by molar-refractivity contribution is 7.91. The molecule has 0 bridgehead atoms. The first-order valence-corrected chi connectivity index (χ1v) is 9.74. The van der Waals surface area contributed by atoms with Crippen LogP contribution >= 0.6 is 11.3 Å². The maximum Gasteiger partial charge on any atom is 0.252 e. The second kappa shape index (κ2) is 6.54. The Labute approximate surface area is 140 Å². The maximum atomic E-state index is 12.7. The molecule has 124 valence electrons. The van der Waals surface area contributed by atoms with Gasteiger partial charge in [0.1, 0.15) is 16.1 Å². The minimum absolute atomic E-state index is 0.186. The van der Waals surface area contributed by atoms with Gasteiger partial charge in [-0.15, -0.1) is 11.3 Å². The van der Waals surface area contributed by atoms with Gasteiger partial charge in [0.15, 0.2) is 0 Å². The molecule has 2 aromatic heterocycles. The van der Waals surface area contributed by atoms with Crippen molar-refractivity contribution in [3.63, 3.8) is 0 Å². The van der Waals surface area contributed by atoms with Gasteiger partial charge in [0.2, 0.25) is 5.88 Å². The van der Waals surface area contributed by atoms with Gasteiger partial charge in [0, 0.05) is 23.7 Å². The number of thiophene rings is 1. The molecule has 3 heterocycles. The summed E-state index contributed by atoms with van der Waals surface area (Å²) in [6, 6.07) is 5.20. The van der Waals surface area contributed by atoms with E-state index in [-0.39, 0.29) is 6.10 Å². The Bertz CT molecular complexity index is 789. The summed E-state index contributed by atoms with van der Waals surface area (Å²) in [5, 5.41) is 0. The summed E-state index contributed by atoms with van der Waals surface area (Å²) in [6.07, 6.45) is 3.05. The smallest absolute Gasteiger partial charge is 0.252 e. The Morgan fingerprint density at radius 3 is 2.83 bits per heavy atom. The SMILES string of the molecule is Cc1nccc(OC2CCCN(S(=O)(=O)c3ccc(C)s3)C2)n1. The summed E-state index contributed by atoms with van der Waals surface area (Å²) >= 11 is 1.30. The van der Waals surface area contributed by atoms with E-state index in [1.807, 2.05) is 13.0 Å². The van der Waals surface area contributed by atoms with Crippen LogP contribution in [0.4, 0.5) is 0 Å². The summed E-state index contributed by atoms with van der Waals surface area (Å²) in [5.41, 5.74) is 0. The summed E-state index contributed by atoms with van der Waals surface area (Å²) in [7, 11) is -3.44. The molecule has 1 saturated heterocycles. The monoisotopic (exact) mass is 353 g/mol. The number of aryl methyl sites for hydroxylation is 2. The number of nitrogens with zero attached hydrogens (tertiary/aromatic N) is 3. The van der Waals surface area contributed by atoms with Crippen molar-refractivity contribution in [3.8, 4) is 5.88 Å². The van der Waals surface area contributed by atoms with Crippen LogP contribution in [0.2, 0.25) is 0 Å². The minimum atomic E-state index is -3.44. The standard InChI is InChI=1S/C15H19N3O3S2/c1-11-5-6-15(22-11)23(19,20)18-9-3-4-13(10-18)21-14-7-8-16-12(2)17-14/h5-8,13H,3-4,9-10H2,1-2H3. The van der Waals surface area contributed by atoms with Crippen molar-refractivity contribution in [2.75, 3.05) is 13.1 Å². The van der Waals surface area contributed by atoms with E-state index < -0.39 is 10.0 Å². The normalized spacial score (nSPS) is 19.7. The first kappa shape index (κ1) is 16.4. The van der Waals surface area contributed by atoms with Crippen molar-refractivity contribution < 1.29 is 13.2 Å². The number of sulfonamides is 1. The molecule has 0 N–H and O–H groups in total. The molecule has 1 unspecified atom stereocenters. The Morgan fingerprint density at radius 2 is 2.13 bits per heavy atom. The van der Waals surface area contributed by atoms with Gasteiger partial charge >= 0.3 is 0 Å². The molecule has 1 atom stereocenters. The van der Waals surface area contributed by atoms with Crippen LogP contribution in [0.25, 0.3) is 0 Å². The molecule has 0 saturated carbocycles. The van der Waals surface area contributed by atoms with Crippen LogP contribution in [0.3, 0.4) is 0 Å². The molecule has 1 aliphatic heterocycles. The van der Waals surface area contributed by atoms with Crippen LogP contribution in [0.1, 0.15) is 23.5 Å². The lowest BCUT2D eigenvalue weighted by molar-refractivity contribution is 0.124. The predicted molar refractivity (Wildman–Crippen MR) is 88.2 cm³/mol. The van der Waals surface area contributed by atoms with E-state index in [2.05, 4.69) is 9.97 Å². The van der Waals surface area contributed by atoms with Gasteiger partial charge in [-0.1, -0.05) is 0 Å². The number of hydrogen-bond acceptors (Lipinski definition) is 6. The van der Waals surface area contributed by atoms with Gasteiger partial charge in [0.05, 0.1) is 6.54 Å². The molecule has 0 spiro atoms. The number of aromatic nitrogens is 2. The van der Waals surface area contributed by atoms with E-state index in [1.165, 1.54) is 15.6 Å². The third kappa shape index (κ3) is 3.70. The molecule has 0 amide bonds. The van der Waals surface area contributed by atoms with Gasteiger partial charge in [0.25, 0.3) is 10.0 Å². The lowest BCUT2D eigenvalue weighted by Gasteiger charge is -2.31. The molecule has 6 nitrogen and oxygen atoms in total. The maximum absolute atomic E-state index is 12.7. The highest BCUT2D eigenvalue weighted by Crippen LogP contribution is 2.27. The highest BCUT2D eigenvalue weighted by atomic mass is 32.2. The number of rotatable bonds is 4. The molecule has 2 aromatic rings. The van der Waals surface area contributed by atoms with Gasteiger partial charge in [-0.25, -0.2) is 13.4 Å². The molecule has 0 radical (unpaired) electrons. The third-order valence-corrected chi connectivity index (χ3v) is 7.02. The Morgan fingerprint density at radius 1 is 1.30 bits per heavy atom. The Hall–Kier alpha value is -1.51. The van der Waals surface area contributed by atoms with Crippen LogP contribution < -0.4 is 4.74 Å². The van der Waals surface area contributed by atoms with E-state index in [9.17, 15) is 8.42 Å². The van der Waals surface area contributed by atoms with E-state index in [0.29, 0.717) is 29.0 Å². The number of ether oxygens (including phenoxy) is 1. The molecule has 1 fully saturated rings. The van der Waals surface area contributed by atoms with Crippen LogP contribution in [0, 0.1) is 13.8 Å². The average Bonchev–Trinajstić information content (AvgIpc) is 2.95. The molecule has 0 aliphatic carbocycles. The van der Waals surface area contributed by atoms with Gasteiger partial charge in [-0.3, -0.25) is 0 Å². The van der Waals surface area contributed by atoms with Crippen LogP contribution in [0.15, 0.2) is 28.6 Å². The topological polar surface area (TPSA) is 72.4 Å². The minimum Gasteiger partial charge on any atom is -0.473 e. The van der Waals surface area contributed by atoms with Crippen molar-refractivity contribution >= 4 is 21.4 Å². The predicted octanol–water partition coefficient (Wildman–Crippen LogP) is 2.39. The molecular weight excluding hydrogens is 334 g/mol. The summed E-state index contributed by atoms with van der Waals surface area (Å²) in [4.78, 5) is 9.24. The first-order chi connectivity index (χ1) is 10.9. The van der Waals surface area contributed by atoms with Crippen molar-refractivity contribution in [1.29, 1.82) is 0 Å². The van der Waals surface area contributed by atoms with Crippen LogP contribution in [-0.4, -0.2) is 41.9 Å². The largest absolute Gasteiger partial charge is 0.473 e. The molecular formula is C15H19N3O3S2. The quantitative estimate of drug-likeness (QED) is 0.844. The molecule has 23 heavy (non-hydrogen) atoms. The Balaban J connectivity index is 1.73. The molecule has 0 aromatic carbocycles. The average molecular weight is 353 g/mol. The molecule has 3 rings (SSSR count). The van der Waals surface area contributed by atoms with E-state index in [4.69, 9.17) is 4.74 Å². The summed E-state index contributed by atoms with van der Waals surface area (Å²) in [6.45, 7) is 4.58. The summed E-state index contributed by atoms with van der Waals surface area (Å²) < 4.78 is 33.2. The fourth-order valence-electron chi connectivity index (χ4n) is 2.57. The zero-order chi connectivity index (χ0) is 16.4. The van der Waals surface area contributed by atoms with Crippen molar-refractivity contribution in [2.45, 2.75) is 37.0 Å². The van der Waals surface area contributed by atoms with Crippen LogP contribution in [-0.2, 0) is 10.0 Å². The zero-order valence-electron chi connectivity index (χ0n) is 13.1. The van der Waals surface area contributed by atoms with E-state index >= 15 is 0 Å². The fraction of sp³-hybridized carbons (Fsp3) is 0.467. The molecule has 1 aliphatic rings. The lowest BCUT2D eigenvalue weighted by atomic mass is 10.1. The van der Waals surface area contributed by atoms with E-state index in [0.717, 1.165) is 17.7 Å². The fourth-order valence-corrected chi connectivity index (χ4v) is 5.52. The third-order valence-electron chi connectivity index (χ3n) is 3.69. The number of hydrogen-bond donors (Lipinski definition) is 0. The van der Waals surface area contributed by atoms with Crippen LogP contribution in [0.5, 0.6) is 5.88 Å². The Kier molecular flexibility index (Phi) is 4.65. The van der Waals surface area contributed by atoms with Gasteiger partial charge < -0.3 is 4.74 Å². The van der Waals surface area contributed by atoms with Gasteiger partial charge in [-0.2, -0.15) is 9.29 Å². The number of piperidine rings is 1. The van der Waals surface area contributed by atoms with Crippen molar-refractivity contribution in [3.05, 3.63) is 35.1 Å². The van der Waals surface area contributed by atoms with E-state index in [1.54, 1.807) is 25.3 Å². The zero-order valence-corrected chi connectivity index (χ0v) is 14.7. The highest BCUT2D eigenvalue weighted by Gasteiger charge is 2.32. The first-order valence-electron chi connectivity index (χ1n) is 7.48. The second-order valence-electron chi connectivity index (χ2n) is 5.55. The second-order valence-corrected chi connectivity index (χ2v) is 9.00. The lowest BCUT2D eigenvalue weighted by Crippen LogP contribution is -2.44. The van der Waals surface area contributed by atoms with Crippen molar-refractivity contribution in [1.82, 2.24) is 14.3 Å².